The first-order valence-corrected chi connectivity index (χ1v) is 6.19. The Hall–Kier alpha value is -0.280. The molecule has 0 amide bonds. The molecule has 1 aromatic rings. The van der Waals surface area contributed by atoms with E-state index in [2.05, 4.69) is 12.2 Å². The summed E-state index contributed by atoms with van der Waals surface area (Å²) in [5, 5.41) is 4.75. The Labute approximate surface area is 106 Å². The van der Waals surface area contributed by atoms with Crippen molar-refractivity contribution in [2.75, 3.05) is 13.2 Å². The summed E-state index contributed by atoms with van der Waals surface area (Å²) in [7, 11) is 0. The Balaban J connectivity index is 1.98. The van der Waals surface area contributed by atoms with Crippen LogP contribution in [0.15, 0.2) is 18.2 Å². The van der Waals surface area contributed by atoms with Gasteiger partial charge in [-0.05, 0) is 37.1 Å². The second-order valence-electron chi connectivity index (χ2n) is 4.25. The van der Waals surface area contributed by atoms with Crippen LogP contribution in [0.3, 0.4) is 0 Å². The zero-order valence-electron chi connectivity index (χ0n) is 9.17. The first-order chi connectivity index (χ1) is 7.63. The van der Waals surface area contributed by atoms with E-state index in [1.807, 2.05) is 12.1 Å². The smallest absolute Gasteiger partial charge is 0.0740 e. The highest BCUT2D eigenvalue weighted by Gasteiger charge is 2.18. The fourth-order valence-electron chi connectivity index (χ4n) is 1.85. The Bertz CT molecular complexity index is 342. The van der Waals surface area contributed by atoms with Gasteiger partial charge in [0.25, 0.3) is 0 Å². The van der Waals surface area contributed by atoms with Crippen molar-refractivity contribution in [3.05, 3.63) is 33.8 Å². The summed E-state index contributed by atoms with van der Waals surface area (Å²) in [6.07, 6.45) is 1.06. The zero-order chi connectivity index (χ0) is 11.5. The van der Waals surface area contributed by atoms with Crippen molar-refractivity contribution in [1.82, 2.24) is 5.32 Å². The van der Waals surface area contributed by atoms with Crippen LogP contribution in [0.1, 0.15) is 12.5 Å². The maximum atomic E-state index is 5.95. The second kappa shape index (κ2) is 5.37. The minimum atomic E-state index is 0.214. The first-order valence-electron chi connectivity index (χ1n) is 5.43. The van der Waals surface area contributed by atoms with E-state index in [0.29, 0.717) is 16.1 Å². The summed E-state index contributed by atoms with van der Waals surface area (Å²) >= 11 is 11.9. The van der Waals surface area contributed by atoms with Gasteiger partial charge in [0.2, 0.25) is 0 Å². The second-order valence-corrected chi connectivity index (χ2v) is 5.12. The van der Waals surface area contributed by atoms with Gasteiger partial charge in [0.15, 0.2) is 0 Å². The molecule has 2 rings (SSSR count). The molecule has 0 aliphatic carbocycles. The number of nitrogens with one attached hydrogen (secondary N) is 1. The van der Waals surface area contributed by atoms with Crippen molar-refractivity contribution in [2.24, 2.45) is 0 Å². The number of rotatable bonds is 2. The molecule has 88 valence electrons. The van der Waals surface area contributed by atoms with E-state index >= 15 is 0 Å². The Morgan fingerprint density at radius 3 is 2.56 bits per heavy atom. The minimum absolute atomic E-state index is 0.214. The molecule has 4 heteroatoms. The molecule has 2 unspecified atom stereocenters. The third kappa shape index (κ3) is 3.36. The number of benzene rings is 1. The largest absolute Gasteiger partial charge is 0.375 e. The van der Waals surface area contributed by atoms with Crippen LogP contribution < -0.4 is 5.32 Å². The lowest BCUT2D eigenvalue weighted by molar-refractivity contribution is 0.00882. The van der Waals surface area contributed by atoms with Crippen molar-refractivity contribution in [3.8, 4) is 0 Å². The van der Waals surface area contributed by atoms with E-state index in [1.54, 1.807) is 6.07 Å². The molecule has 2 atom stereocenters. The lowest BCUT2D eigenvalue weighted by atomic mass is 10.1. The predicted octanol–water partition coefficient (Wildman–Crippen LogP) is 2.91. The van der Waals surface area contributed by atoms with E-state index in [0.717, 1.165) is 25.1 Å². The quantitative estimate of drug-likeness (QED) is 0.882. The number of hydrogen-bond donors (Lipinski definition) is 1. The van der Waals surface area contributed by atoms with Gasteiger partial charge in [-0.2, -0.15) is 0 Å². The van der Waals surface area contributed by atoms with Gasteiger partial charge in [-0.3, -0.25) is 0 Å². The number of morpholine rings is 1. The fraction of sp³-hybridized carbons (Fsp3) is 0.500. The third-order valence-electron chi connectivity index (χ3n) is 2.66. The summed E-state index contributed by atoms with van der Waals surface area (Å²) < 4.78 is 5.73. The monoisotopic (exact) mass is 259 g/mol. The summed E-state index contributed by atoms with van der Waals surface area (Å²) in [5.74, 6) is 0. The average Bonchev–Trinajstić information content (AvgIpc) is 2.20. The van der Waals surface area contributed by atoms with Crippen molar-refractivity contribution >= 4 is 23.2 Å². The topological polar surface area (TPSA) is 21.3 Å². The van der Waals surface area contributed by atoms with E-state index in [1.165, 1.54) is 0 Å². The molecular weight excluding hydrogens is 245 g/mol. The molecule has 1 aliphatic rings. The first kappa shape index (κ1) is 12.2. The van der Waals surface area contributed by atoms with Crippen LogP contribution in [0.2, 0.25) is 10.0 Å². The van der Waals surface area contributed by atoms with Crippen LogP contribution in [0.25, 0.3) is 0 Å². The normalized spacial score (nSPS) is 25.7. The van der Waals surface area contributed by atoms with Crippen molar-refractivity contribution in [1.29, 1.82) is 0 Å². The van der Waals surface area contributed by atoms with Gasteiger partial charge in [0.05, 0.1) is 12.7 Å². The van der Waals surface area contributed by atoms with Gasteiger partial charge in [0, 0.05) is 22.6 Å². The Morgan fingerprint density at radius 2 is 2.00 bits per heavy atom. The maximum absolute atomic E-state index is 5.95. The van der Waals surface area contributed by atoms with E-state index in [9.17, 15) is 0 Å². The molecule has 2 nitrogen and oxygen atoms in total. The molecule has 0 saturated carbocycles. The van der Waals surface area contributed by atoms with Crippen LogP contribution in [0.5, 0.6) is 0 Å². The third-order valence-corrected chi connectivity index (χ3v) is 3.10. The predicted molar refractivity (Wildman–Crippen MR) is 67.4 cm³/mol. The maximum Gasteiger partial charge on any atom is 0.0740 e. The highest BCUT2D eigenvalue weighted by atomic mass is 35.5. The zero-order valence-corrected chi connectivity index (χ0v) is 10.7. The van der Waals surface area contributed by atoms with E-state index in [4.69, 9.17) is 27.9 Å². The summed E-state index contributed by atoms with van der Waals surface area (Å²) in [5.41, 5.74) is 1.12. The summed E-state index contributed by atoms with van der Waals surface area (Å²) in [6.45, 7) is 3.76. The van der Waals surface area contributed by atoms with Crippen molar-refractivity contribution in [2.45, 2.75) is 25.5 Å². The fourth-order valence-corrected chi connectivity index (χ4v) is 2.42. The SMILES string of the molecule is CC1COC(Cc2cc(Cl)cc(Cl)c2)CN1. The van der Waals surface area contributed by atoms with E-state index in [-0.39, 0.29) is 6.10 Å². The van der Waals surface area contributed by atoms with Crippen LogP contribution in [-0.4, -0.2) is 25.3 Å². The summed E-state index contributed by atoms with van der Waals surface area (Å²) in [4.78, 5) is 0. The molecule has 0 bridgehead atoms. The number of ether oxygens (including phenoxy) is 1. The molecule has 16 heavy (non-hydrogen) atoms. The van der Waals surface area contributed by atoms with Gasteiger partial charge in [-0.25, -0.2) is 0 Å². The molecule has 0 spiro atoms. The van der Waals surface area contributed by atoms with Crippen LogP contribution in [-0.2, 0) is 11.2 Å². The number of hydrogen-bond acceptors (Lipinski definition) is 2. The molecule has 1 fully saturated rings. The molecule has 1 saturated heterocycles. The standard InChI is InChI=1S/C12H15Cl2NO/c1-8-7-16-12(6-15-8)4-9-2-10(13)5-11(14)3-9/h2-3,5,8,12,15H,4,6-7H2,1H3. The average molecular weight is 260 g/mol. The Morgan fingerprint density at radius 1 is 1.31 bits per heavy atom. The van der Waals surface area contributed by atoms with Crippen LogP contribution >= 0.6 is 23.2 Å². The lowest BCUT2D eigenvalue weighted by Crippen LogP contribution is -2.45. The van der Waals surface area contributed by atoms with Crippen molar-refractivity contribution in [3.63, 3.8) is 0 Å². The van der Waals surface area contributed by atoms with Crippen molar-refractivity contribution < 1.29 is 4.74 Å². The molecule has 1 N–H and O–H groups in total. The van der Waals surface area contributed by atoms with Gasteiger partial charge in [0.1, 0.15) is 0 Å². The minimum Gasteiger partial charge on any atom is -0.375 e. The van der Waals surface area contributed by atoms with Crippen LogP contribution in [0, 0.1) is 0 Å². The van der Waals surface area contributed by atoms with Gasteiger partial charge < -0.3 is 10.1 Å². The molecule has 0 radical (unpaired) electrons. The molecule has 0 aromatic heterocycles. The van der Waals surface area contributed by atoms with E-state index < -0.39 is 0 Å². The number of halogens is 2. The lowest BCUT2D eigenvalue weighted by Gasteiger charge is -2.28. The molecular formula is C12H15Cl2NO. The molecule has 1 heterocycles. The highest BCUT2D eigenvalue weighted by Crippen LogP contribution is 2.20. The molecule has 1 aliphatic heterocycles. The summed E-state index contributed by atoms with van der Waals surface area (Å²) in [6, 6.07) is 6.07. The van der Waals surface area contributed by atoms with Gasteiger partial charge in [-0.1, -0.05) is 23.2 Å². The van der Waals surface area contributed by atoms with Crippen LogP contribution in [0.4, 0.5) is 0 Å². The van der Waals surface area contributed by atoms with Gasteiger partial charge in [-0.15, -0.1) is 0 Å². The Kier molecular flexibility index (Phi) is 4.09. The highest BCUT2D eigenvalue weighted by molar-refractivity contribution is 6.34. The molecule has 1 aromatic carbocycles. The van der Waals surface area contributed by atoms with Gasteiger partial charge >= 0.3 is 0 Å².